The van der Waals surface area contributed by atoms with Gasteiger partial charge in [-0.3, -0.25) is 14.4 Å². The van der Waals surface area contributed by atoms with Crippen LogP contribution >= 0.6 is 15.9 Å². The normalized spacial score (nSPS) is 29.4. The molecule has 0 aromatic heterocycles. The van der Waals surface area contributed by atoms with E-state index in [0.29, 0.717) is 18.5 Å². The molecule has 1 spiro atoms. The molecule has 3 fully saturated rings. The summed E-state index contributed by atoms with van der Waals surface area (Å²) in [4.78, 5) is 44.1. The van der Waals surface area contributed by atoms with Crippen LogP contribution in [-0.4, -0.2) is 76.7 Å². The van der Waals surface area contributed by atoms with Crippen LogP contribution in [0.15, 0.2) is 67.8 Å². The van der Waals surface area contributed by atoms with Gasteiger partial charge in [0.1, 0.15) is 11.6 Å². The van der Waals surface area contributed by atoms with Gasteiger partial charge in [0.25, 0.3) is 5.91 Å². The minimum atomic E-state index is -1.22. The Bertz CT molecular complexity index is 1280. The van der Waals surface area contributed by atoms with Crippen LogP contribution in [-0.2, 0) is 23.9 Å². The molecule has 2 aromatic carbocycles. The van der Waals surface area contributed by atoms with E-state index >= 15 is 0 Å². The van der Waals surface area contributed by atoms with Crippen molar-refractivity contribution in [2.75, 3.05) is 31.2 Å². The smallest absolute Gasteiger partial charge is 0.312 e. The van der Waals surface area contributed by atoms with Gasteiger partial charge in [0.15, 0.2) is 0 Å². The van der Waals surface area contributed by atoms with E-state index in [9.17, 15) is 19.5 Å². The van der Waals surface area contributed by atoms with Crippen LogP contribution in [0.4, 0.5) is 5.69 Å². The maximum absolute atomic E-state index is 14.4. The number of carbonyl (C=O) groups is 3. The monoisotopic (exact) mass is 582 g/mol. The Morgan fingerprint density at radius 1 is 1.21 bits per heavy atom. The molecule has 0 radical (unpaired) electrons. The summed E-state index contributed by atoms with van der Waals surface area (Å²) in [5, 5.41) is 11.8. The number of carbonyl (C=O) groups excluding carboxylic acids is 3. The first-order chi connectivity index (χ1) is 18.4. The Kier molecular flexibility index (Phi) is 7.44. The third-order valence-electron chi connectivity index (χ3n) is 7.82. The van der Waals surface area contributed by atoms with E-state index in [4.69, 9.17) is 9.47 Å². The lowest BCUT2D eigenvalue weighted by Gasteiger charge is -2.37. The highest BCUT2D eigenvalue weighted by Crippen LogP contribution is 2.60. The van der Waals surface area contributed by atoms with E-state index in [1.165, 1.54) is 4.90 Å². The van der Waals surface area contributed by atoms with Gasteiger partial charge in [-0.1, -0.05) is 58.4 Å². The molecular weight excluding hydrogens is 552 g/mol. The van der Waals surface area contributed by atoms with Gasteiger partial charge in [-0.05, 0) is 35.7 Å². The third-order valence-corrected chi connectivity index (χ3v) is 8.67. The number of hydrogen-bond donors (Lipinski definition) is 1. The first kappa shape index (κ1) is 26.6. The van der Waals surface area contributed by atoms with Crippen molar-refractivity contribution >= 4 is 50.2 Å². The summed E-state index contributed by atoms with van der Waals surface area (Å²) < 4.78 is 11.9. The lowest BCUT2D eigenvalue weighted by atomic mass is 9.70. The van der Waals surface area contributed by atoms with Crippen molar-refractivity contribution in [1.29, 1.82) is 0 Å². The molecule has 3 heterocycles. The molecule has 2 aromatic rings. The zero-order valence-electron chi connectivity index (χ0n) is 21.0. The SMILES string of the molecule is C=CCCOC(=O)[C@H]1[C@H]2C(=O)N(CCO)C(C(=O)N(CC=C)c3ccc4ccccc4c3)C23CC(Br)[C@@H]1O3. The number of anilines is 1. The molecule has 38 heavy (non-hydrogen) atoms. The molecule has 3 aliphatic rings. The Balaban J connectivity index is 1.54. The summed E-state index contributed by atoms with van der Waals surface area (Å²) in [5.74, 6) is -2.96. The van der Waals surface area contributed by atoms with Crippen LogP contribution < -0.4 is 4.90 Å². The van der Waals surface area contributed by atoms with Gasteiger partial charge in [0, 0.05) is 23.6 Å². The van der Waals surface area contributed by atoms with E-state index in [1.807, 2.05) is 42.5 Å². The summed E-state index contributed by atoms with van der Waals surface area (Å²) in [7, 11) is 0. The average Bonchev–Trinajstić information content (AvgIpc) is 3.50. The molecule has 1 N–H and O–H groups in total. The largest absolute Gasteiger partial charge is 0.465 e. The molecule has 6 atom stereocenters. The fraction of sp³-hybridized carbons (Fsp3) is 0.414. The maximum Gasteiger partial charge on any atom is 0.312 e. The number of fused-ring (bicyclic) bond motifs is 2. The van der Waals surface area contributed by atoms with Crippen molar-refractivity contribution in [2.24, 2.45) is 11.8 Å². The van der Waals surface area contributed by atoms with Crippen LogP contribution in [0.3, 0.4) is 0 Å². The highest BCUT2D eigenvalue weighted by Gasteiger charge is 2.77. The highest BCUT2D eigenvalue weighted by molar-refractivity contribution is 9.09. The summed E-state index contributed by atoms with van der Waals surface area (Å²) in [6, 6.07) is 12.6. The molecule has 3 aliphatic heterocycles. The second kappa shape index (κ2) is 10.6. The molecule has 3 saturated heterocycles. The Morgan fingerprint density at radius 3 is 2.68 bits per heavy atom. The van der Waals surface area contributed by atoms with Crippen LogP contribution in [0.1, 0.15) is 12.8 Å². The number of aliphatic hydroxyl groups excluding tert-OH is 1. The highest BCUT2D eigenvalue weighted by atomic mass is 79.9. The molecule has 3 unspecified atom stereocenters. The maximum atomic E-state index is 14.4. The van der Waals surface area contributed by atoms with Crippen molar-refractivity contribution in [3.63, 3.8) is 0 Å². The predicted molar refractivity (Wildman–Crippen MR) is 147 cm³/mol. The summed E-state index contributed by atoms with van der Waals surface area (Å²) in [6.45, 7) is 7.48. The zero-order valence-corrected chi connectivity index (χ0v) is 22.6. The summed E-state index contributed by atoms with van der Waals surface area (Å²) in [6.07, 6.45) is 3.56. The average molecular weight is 583 g/mol. The van der Waals surface area contributed by atoms with Crippen LogP contribution in [0.5, 0.6) is 0 Å². The van der Waals surface area contributed by atoms with Crippen molar-refractivity contribution in [3.8, 4) is 0 Å². The minimum Gasteiger partial charge on any atom is -0.465 e. The molecule has 5 rings (SSSR count). The lowest BCUT2D eigenvalue weighted by Crippen LogP contribution is -2.57. The first-order valence-corrected chi connectivity index (χ1v) is 13.7. The fourth-order valence-corrected chi connectivity index (χ4v) is 7.25. The van der Waals surface area contributed by atoms with Gasteiger partial charge >= 0.3 is 5.97 Å². The number of aliphatic hydroxyl groups is 1. The van der Waals surface area contributed by atoms with Gasteiger partial charge in [0.05, 0.1) is 31.2 Å². The lowest BCUT2D eigenvalue weighted by molar-refractivity contribution is -0.154. The second-order valence-corrected chi connectivity index (χ2v) is 11.1. The number of amides is 2. The topological polar surface area (TPSA) is 96.4 Å². The zero-order chi connectivity index (χ0) is 27.0. The van der Waals surface area contributed by atoms with Gasteiger partial charge in [-0.2, -0.15) is 0 Å². The van der Waals surface area contributed by atoms with E-state index in [1.54, 1.807) is 17.1 Å². The van der Waals surface area contributed by atoms with Crippen LogP contribution in [0.25, 0.3) is 10.8 Å². The van der Waals surface area contributed by atoms with E-state index < -0.39 is 35.6 Å². The van der Waals surface area contributed by atoms with E-state index in [2.05, 4.69) is 29.1 Å². The van der Waals surface area contributed by atoms with Crippen molar-refractivity contribution in [2.45, 2.75) is 35.4 Å². The quantitative estimate of drug-likeness (QED) is 0.200. The Morgan fingerprint density at radius 2 is 1.97 bits per heavy atom. The Labute approximate surface area is 230 Å². The third kappa shape index (κ3) is 4.17. The van der Waals surface area contributed by atoms with Crippen LogP contribution in [0.2, 0.25) is 0 Å². The van der Waals surface area contributed by atoms with E-state index in [-0.39, 0.29) is 42.9 Å². The molecule has 200 valence electrons. The van der Waals surface area contributed by atoms with Gasteiger partial charge in [0.2, 0.25) is 5.91 Å². The van der Waals surface area contributed by atoms with Gasteiger partial charge in [-0.25, -0.2) is 0 Å². The molecule has 0 aliphatic carbocycles. The predicted octanol–water partition coefficient (Wildman–Crippen LogP) is 3.22. The number of likely N-dealkylation sites (tertiary alicyclic amines) is 1. The molecule has 9 heteroatoms. The molecule has 2 bridgehead atoms. The number of esters is 1. The standard InChI is InChI=1S/C29H31BrN2O6/c1-3-5-15-37-28(36)22-23-26(34)32(13-14-33)25(29(23)17-21(30)24(22)38-29)27(35)31(12-4-2)20-11-10-18-8-6-7-9-19(18)16-20/h3-4,6-11,16,21-25,33H,1-2,5,12-15,17H2/t21?,22-,23-,24-,25?,29?/m0/s1. The first-order valence-electron chi connectivity index (χ1n) is 12.8. The van der Waals surface area contributed by atoms with Crippen molar-refractivity contribution in [3.05, 3.63) is 67.8 Å². The molecule has 2 amide bonds. The van der Waals surface area contributed by atoms with E-state index in [0.717, 1.165) is 10.8 Å². The summed E-state index contributed by atoms with van der Waals surface area (Å²) >= 11 is 3.64. The molecule has 0 saturated carbocycles. The second-order valence-electron chi connectivity index (χ2n) is 9.93. The fourth-order valence-electron chi connectivity index (χ4n) is 6.31. The minimum absolute atomic E-state index is 0.0493. The number of β-amino-alcohol motifs (C(OH)–C–C–N with tert-alkyl or cyclic N) is 1. The van der Waals surface area contributed by atoms with Crippen LogP contribution in [0, 0.1) is 11.8 Å². The summed E-state index contributed by atoms with van der Waals surface area (Å²) in [5.41, 5.74) is -0.561. The number of alkyl halides is 1. The number of benzene rings is 2. The number of hydrogen-bond acceptors (Lipinski definition) is 6. The number of rotatable bonds is 10. The number of nitrogens with zero attached hydrogens (tertiary/aromatic N) is 2. The molecule has 8 nitrogen and oxygen atoms in total. The number of ether oxygens (including phenoxy) is 2. The van der Waals surface area contributed by atoms with Crippen molar-refractivity contribution < 1.29 is 29.0 Å². The number of halogens is 1. The van der Waals surface area contributed by atoms with Crippen molar-refractivity contribution in [1.82, 2.24) is 4.90 Å². The Hall–Kier alpha value is -3.01. The molecular formula is C29H31BrN2O6. The van der Waals surface area contributed by atoms with Gasteiger partial charge < -0.3 is 24.4 Å². The van der Waals surface area contributed by atoms with Gasteiger partial charge in [-0.15, -0.1) is 13.2 Å².